The van der Waals surface area contributed by atoms with Gasteiger partial charge in [-0.1, -0.05) is 78.3 Å². The van der Waals surface area contributed by atoms with Crippen molar-refractivity contribution in [2.24, 2.45) is 0 Å². The van der Waals surface area contributed by atoms with Gasteiger partial charge in [-0.2, -0.15) is 13.2 Å². The van der Waals surface area contributed by atoms with E-state index >= 15 is 0 Å². The van der Waals surface area contributed by atoms with Gasteiger partial charge in [0.15, 0.2) is 17.7 Å². The first-order chi connectivity index (χ1) is 20.4. The molecule has 0 saturated carbocycles. The van der Waals surface area contributed by atoms with Gasteiger partial charge in [-0.05, 0) is 60.9 Å². The third kappa shape index (κ3) is 6.58. The number of amides is 2. The molecule has 10 heteroatoms. The first-order valence-electron chi connectivity index (χ1n) is 13.6. The zero-order valence-corrected chi connectivity index (χ0v) is 24.3. The van der Waals surface area contributed by atoms with Crippen molar-refractivity contribution in [2.75, 3.05) is 4.90 Å². The highest BCUT2D eigenvalue weighted by atomic mass is 35.5. The standard InChI is InChI=1S/C33H30ClF3N2O4/c1-32(2)30(40)39(25-14-15-27(34)26(18-25)33(35,36)37)31(41)38(32)19-24-13-16-28(42-20-22-9-5-3-6-10-22)29(17-24)43-21-23-11-7-4-8-12-23/h3-18,30,40H,19-21H2,1-2H3. The molecule has 1 aliphatic heterocycles. The van der Waals surface area contributed by atoms with Gasteiger partial charge in [0.05, 0.1) is 16.1 Å². The molecule has 1 saturated heterocycles. The van der Waals surface area contributed by atoms with Crippen molar-refractivity contribution in [1.82, 2.24) is 4.90 Å². The number of carbonyl (C=O) groups is 1. The van der Waals surface area contributed by atoms with E-state index in [1.54, 1.807) is 32.0 Å². The molecule has 1 unspecified atom stereocenters. The third-order valence-corrected chi connectivity index (χ3v) is 7.70. The SMILES string of the molecule is CC1(C)C(O)N(c2ccc(Cl)c(C(F)(F)F)c2)C(=O)N1Cc1ccc(OCc2ccccc2)c(OCc2ccccc2)c1. The Hall–Kier alpha value is -4.21. The summed E-state index contributed by atoms with van der Waals surface area (Å²) in [4.78, 5) is 16.0. The number of ether oxygens (including phenoxy) is 2. The highest BCUT2D eigenvalue weighted by molar-refractivity contribution is 6.31. The zero-order valence-electron chi connectivity index (χ0n) is 23.5. The summed E-state index contributed by atoms with van der Waals surface area (Å²) in [7, 11) is 0. The van der Waals surface area contributed by atoms with Crippen LogP contribution in [0, 0.1) is 0 Å². The van der Waals surface area contributed by atoms with Gasteiger partial charge in [0.2, 0.25) is 0 Å². The van der Waals surface area contributed by atoms with Crippen LogP contribution in [0.4, 0.5) is 23.7 Å². The van der Waals surface area contributed by atoms with Crippen LogP contribution in [0.1, 0.15) is 36.1 Å². The zero-order chi connectivity index (χ0) is 30.8. The molecule has 4 aromatic rings. The van der Waals surface area contributed by atoms with Gasteiger partial charge >= 0.3 is 12.2 Å². The average Bonchev–Trinajstić information content (AvgIpc) is 3.15. The molecule has 0 spiro atoms. The molecule has 43 heavy (non-hydrogen) atoms. The van der Waals surface area contributed by atoms with E-state index in [0.717, 1.165) is 28.2 Å². The Morgan fingerprint density at radius 3 is 1.98 bits per heavy atom. The molecule has 0 radical (unpaired) electrons. The summed E-state index contributed by atoms with van der Waals surface area (Å²) in [6.07, 6.45) is -6.15. The normalized spacial score (nSPS) is 16.4. The Labute approximate surface area is 252 Å². The molecular weight excluding hydrogens is 581 g/mol. The van der Waals surface area contributed by atoms with Crippen molar-refractivity contribution in [2.45, 2.75) is 51.5 Å². The van der Waals surface area contributed by atoms with Gasteiger partial charge < -0.3 is 19.5 Å². The van der Waals surface area contributed by atoms with Crippen LogP contribution in [0.2, 0.25) is 5.02 Å². The Morgan fingerprint density at radius 2 is 1.40 bits per heavy atom. The monoisotopic (exact) mass is 610 g/mol. The molecule has 0 aliphatic carbocycles. The maximum Gasteiger partial charge on any atom is 0.417 e. The third-order valence-electron chi connectivity index (χ3n) is 7.37. The summed E-state index contributed by atoms with van der Waals surface area (Å²) in [6, 6.07) is 27.1. The number of urea groups is 1. The quantitative estimate of drug-likeness (QED) is 0.208. The topological polar surface area (TPSA) is 62.2 Å². The number of hydrogen-bond donors (Lipinski definition) is 1. The summed E-state index contributed by atoms with van der Waals surface area (Å²) in [5.41, 5.74) is 0.267. The fourth-order valence-electron chi connectivity index (χ4n) is 4.88. The summed E-state index contributed by atoms with van der Waals surface area (Å²) in [6.45, 7) is 3.97. The molecule has 224 valence electrons. The van der Waals surface area contributed by atoms with Crippen LogP contribution in [0.3, 0.4) is 0 Å². The number of alkyl halides is 3. The van der Waals surface area contributed by atoms with E-state index in [0.29, 0.717) is 23.7 Å². The van der Waals surface area contributed by atoms with Crippen LogP contribution >= 0.6 is 11.6 Å². The lowest BCUT2D eigenvalue weighted by molar-refractivity contribution is -0.137. The number of rotatable bonds is 9. The molecule has 2 amide bonds. The van der Waals surface area contributed by atoms with Gasteiger partial charge in [0, 0.05) is 12.2 Å². The molecular formula is C33H30ClF3N2O4. The number of aliphatic hydroxyl groups excluding tert-OH is 1. The minimum absolute atomic E-state index is 0.0553. The molecule has 6 nitrogen and oxygen atoms in total. The smallest absolute Gasteiger partial charge is 0.417 e. The second-order valence-corrected chi connectivity index (χ2v) is 11.2. The van der Waals surface area contributed by atoms with Crippen molar-refractivity contribution in [3.8, 4) is 11.5 Å². The maximum atomic E-state index is 13.6. The Morgan fingerprint density at radius 1 is 0.814 bits per heavy atom. The summed E-state index contributed by atoms with van der Waals surface area (Å²) in [5.74, 6) is 0.977. The summed E-state index contributed by atoms with van der Waals surface area (Å²) >= 11 is 5.78. The first-order valence-corrected chi connectivity index (χ1v) is 13.9. The van der Waals surface area contributed by atoms with Crippen LogP contribution in [-0.2, 0) is 25.9 Å². The number of nitrogens with zero attached hydrogens (tertiary/aromatic N) is 2. The van der Waals surface area contributed by atoms with Gasteiger partial charge in [-0.3, -0.25) is 4.90 Å². The number of carbonyl (C=O) groups excluding carboxylic acids is 1. The fourth-order valence-corrected chi connectivity index (χ4v) is 5.10. The van der Waals surface area contributed by atoms with Crippen molar-refractivity contribution in [1.29, 1.82) is 0 Å². The predicted molar refractivity (Wildman–Crippen MR) is 158 cm³/mol. The highest BCUT2D eigenvalue weighted by Gasteiger charge is 2.51. The molecule has 1 aliphatic rings. The Bertz CT molecular complexity index is 1580. The lowest BCUT2D eigenvalue weighted by atomic mass is 10.0. The highest BCUT2D eigenvalue weighted by Crippen LogP contribution is 2.41. The summed E-state index contributed by atoms with van der Waals surface area (Å²) in [5, 5.41) is 10.6. The van der Waals surface area contributed by atoms with Crippen LogP contribution in [0.5, 0.6) is 11.5 Å². The molecule has 1 fully saturated rings. The Kier molecular flexibility index (Phi) is 8.57. The van der Waals surface area contributed by atoms with Crippen molar-refractivity contribution < 1.29 is 32.5 Å². The number of anilines is 1. The predicted octanol–water partition coefficient (Wildman–Crippen LogP) is 8.06. The lowest BCUT2D eigenvalue weighted by Gasteiger charge is -2.32. The van der Waals surface area contributed by atoms with E-state index in [1.807, 2.05) is 60.7 Å². The minimum Gasteiger partial charge on any atom is -0.485 e. The fraction of sp³-hybridized carbons (Fsp3) is 0.242. The number of benzene rings is 4. The second kappa shape index (κ2) is 12.2. The van der Waals surface area contributed by atoms with Crippen molar-refractivity contribution in [3.63, 3.8) is 0 Å². The van der Waals surface area contributed by atoms with E-state index in [9.17, 15) is 23.1 Å². The number of halogens is 4. The van der Waals surface area contributed by atoms with E-state index in [2.05, 4.69) is 0 Å². The van der Waals surface area contributed by atoms with E-state index in [4.69, 9.17) is 21.1 Å². The molecule has 1 N–H and O–H groups in total. The van der Waals surface area contributed by atoms with Crippen LogP contribution in [0.25, 0.3) is 0 Å². The van der Waals surface area contributed by atoms with Crippen LogP contribution in [0.15, 0.2) is 97.1 Å². The van der Waals surface area contributed by atoms with Crippen molar-refractivity contribution >= 4 is 23.3 Å². The molecule has 0 aromatic heterocycles. The van der Waals surface area contributed by atoms with E-state index in [-0.39, 0.29) is 18.8 Å². The van der Waals surface area contributed by atoms with E-state index < -0.39 is 34.6 Å². The van der Waals surface area contributed by atoms with E-state index in [1.165, 1.54) is 11.0 Å². The lowest BCUT2D eigenvalue weighted by Crippen LogP contribution is -2.46. The van der Waals surface area contributed by atoms with Gasteiger partial charge in [-0.25, -0.2) is 4.79 Å². The average molecular weight is 611 g/mol. The van der Waals surface area contributed by atoms with Crippen molar-refractivity contribution in [3.05, 3.63) is 124 Å². The number of aliphatic hydroxyl groups is 1. The van der Waals surface area contributed by atoms with Gasteiger partial charge in [0.25, 0.3) is 0 Å². The van der Waals surface area contributed by atoms with Crippen LogP contribution in [-0.4, -0.2) is 27.8 Å². The van der Waals surface area contributed by atoms with Crippen LogP contribution < -0.4 is 14.4 Å². The second-order valence-electron chi connectivity index (χ2n) is 10.8. The molecule has 1 heterocycles. The summed E-state index contributed by atoms with van der Waals surface area (Å²) < 4.78 is 52.8. The first kappa shape index (κ1) is 30.3. The molecule has 5 rings (SSSR count). The number of hydrogen-bond acceptors (Lipinski definition) is 4. The van der Waals surface area contributed by atoms with Gasteiger partial charge in [-0.15, -0.1) is 0 Å². The Balaban J connectivity index is 1.41. The van der Waals surface area contributed by atoms with Gasteiger partial charge in [0.1, 0.15) is 13.2 Å². The largest absolute Gasteiger partial charge is 0.485 e. The molecule has 4 aromatic carbocycles. The molecule has 0 bridgehead atoms. The maximum absolute atomic E-state index is 13.6. The minimum atomic E-state index is -4.73. The molecule has 1 atom stereocenters.